The summed E-state index contributed by atoms with van der Waals surface area (Å²) in [4.78, 5) is 14.3. The van der Waals surface area contributed by atoms with E-state index in [0.29, 0.717) is 5.75 Å². The van der Waals surface area contributed by atoms with Gasteiger partial charge in [-0.05, 0) is 67.0 Å². The van der Waals surface area contributed by atoms with Crippen LogP contribution in [-0.4, -0.2) is 38.7 Å². The van der Waals surface area contributed by atoms with Crippen molar-refractivity contribution in [1.29, 1.82) is 0 Å². The van der Waals surface area contributed by atoms with Gasteiger partial charge in [0.25, 0.3) is 5.91 Å². The molecule has 4 nitrogen and oxygen atoms in total. The second-order valence-corrected chi connectivity index (χ2v) is 7.38. The Labute approximate surface area is 147 Å². The molecule has 0 aliphatic heterocycles. The highest BCUT2D eigenvalue weighted by Crippen LogP contribution is 2.22. The van der Waals surface area contributed by atoms with Gasteiger partial charge < -0.3 is 14.7 Å². The summed E-state index contributed by atoms with van der Waals surface area (Å²) in [5, 5.41) is 10.0. The highest BCUT2D eigenvalue weighted by atomic mass is 127. The summed E-state index contributed by atoms with van der Waals surface area (Å²) in [5.41, 5.74) is 1.09. The Morgan fingerprint density at radius 2 is 1.95 bits per heavy atom. The second kappa shape index (κ2) is 8.72. The minimum Gasteiger partial charge on any atom is -0.484 e. The van der Waals surface area contributed by atoms with Crippen molar-refractivity contribution in [2.45, 2.75) is 50.8 Å². The van der Waals surface area contributed by atoms with Gasteiger partial charge in [-0.25, -0.2) is 0 Å². The molecule has 22 heavy (non-hydrogen) atoms. The lowest BCUT2D eigenvalue weighted by Gasteiger charge is -2.38. The fraction of sp³-hybridized carbons (Fsp3) is 0.588. The second-order valence-electron chi connectivity index (χ2n) is 6.11. The van der Waals surface area contributed by atoms with Gasteiger partial charge in [0.2, 0.25) is 0 Å². The van der Waals surface area contributed by atoms with E-state index in [1.54, 1.807) is 4.90 Å². The van der Waals surface area contributed by atoms with Crippen LogP contribution in [0.15, 0.2) is 24.3 Å². The van der Waals surface area contributed by atoms with Gasteiger partial charge in [-0.2, -0.15) is 0 Å². The molecule has 1 N–H and O–H groups in total. The first kappa shape index (κ1) is 19.2. The predicted octanol–water partition coefficient (Wildman–Crippen LogP) is 3.39. The quantitative estimate of drug-likeness (QED) is 0.545. The van der Waals surface area contributed by atoms with Gasteiger partial charge in [-0.3, -0.25) is 4.79 Å². The smallest absolute Gasteiger partial charge is 0.261 e. The number of carbonyl (C=O) groups is 1. The molecule has 0 aliphatic rings. The van der Waals surface area contributed by atoms with E-state index in [4.69, 9.17) is 4.74 Å². The fourth-order valence-electron chi connectivity index (χ4n) is 2.49. The molecule has 5 heteroatoms. The van der Waals surface area contributed by atoms with Crippen LogP contribution in [-0.2, 0) is 4.79 Å². The summed E-state index contributed by atoms with van der Waals surface area (Å²) < 4.78 is 5.01. The zero-order valence-electron chi connectivity index (χ0n) is 13.9. The van der Waals surface area contributed by atoms with Crippen LogP contribution in [0, 0.1) is 12.8 Å². The Morgan fingerprint density at radius 3 is 2.41 bits per heavy atom. The summed E-state index contributed by atoms with van der Waals surface area (Å²) in [6.07, 6.45) is 0. The summed E-state index contributed by atoms with van der Waals surface area (Å²) in [6, 6.07) is 7.41. The van der Waals surface area contributed by atoms with Crippen LogP contribution in [0.3, 0.4) is 0 Å². The van der Waals surface area contributed by atoms with Gasteiger partial charge in [-0.1, -0.05) is 26.0 Å². The van der Waals surface area contributed by atoms with Crippen LogP contribution >= 0.6 is 22.6 Å². The number of rotatable bonds is 7. The molecule has 0 saturated heterocycles. The standard InChI is InChI=1S/C17H26INO3/c1-11(2)16(17(18)21)19(12(3)4)15(20)10-22-14-8-6-7-13(5)9-14/h6-9,11-12,16-17,21H,10H2,1-5H3. The predicted molar refractivity (Wildman–Crippen MR) is 97.3 cm³/mol. The number of alkyl halides is 1. The molecule has 2 atom stereocenters. The van der Waals surface area contributed by atoms with Gasteiger partial charge >= 0.3 is 0 Å². The highest BCUT2D eigenvalue weighted by Gasteiger charge is 2.32. The number of aliphatic hydroxyl groups excluding tert-OH is 1. The summed E-state index contributed by atoms with van der Waals surface area (Å²) in [6.45, 7) is 9.90. The Kier molecular flexibility index (Phi) is 7.62. The Morgan fingerprint density at radius 1 is 1.32 bits per heavy atom. The van der Waals surface area contributed by atoms with Crippen molar-refractivity contribution < 1.29 is 14.6 Å². The van der Waals surface area contributed by atoms with Crippen molar-refractivity contribution in [3.8, 4) is 5.75 Å². The minimum absolute atomic E-state index is 0.00502. The zero-order chi connectivity index (χ0) is 16.9. The minimum atomic E-state index is -0.608. The van der Waals surface area contributed by atoms with E-state index < -0.39 is 4.11 Å². The first-order valence-corrected chi connectivity index (χ1v) is 8.81. The van der Waals surface area contributed by atoms with Crippen LogP contribution in [0.4, 0.5) is 0 Å². The van der Waals surface area contributed by atoms with E-state index in [2.05, 4.69) is 0 Å². The number of halogens is 1. The molecule has 1 aromatic carbocycles. The van der Waals surface area contributed by atoms with Crippen LogP contribution < -0.4 is 4.74 Å². The molecule has 0 spiro atoms. The maximum absolute atomic E-state index is 12.6. The van der Waals surface area contributed by atoms with Gasteiger partial charge in [0.05, 0.1) is 6.04 Å². The summed E-state index contributed by atoms with van der Waals surface area (Å²) in [7, 11) is 0. The number of amides is 1. The lowest BCUT2D eigenvalue weighted by Crippen LogP contribution is -2.53. The van der Waals surface area contributed by atoms with E-state index in [1.165, 1.54) is 0 Å². The normalized spacial score (nSPS) is 14.0. The zero-order valence-corrected chi connectivity index (χ0v) is 16.1. The molecular formula is C17H26INO3. The molecule has 0 aliphatic carbocycles. The summed E-state index contributed by atoms with van der Waals surface area (Å²) >= 11 is 1.97. The Hall–Kier alpha value is -0.820. The van der Waals surface area contributed by atoms with Gasteiger partial charge in [-0.15, -0.1) is 0 Å². The van der Waals surface area contributed by atoms with Crippen molar-refractivity contribution in [2.75, 3.05) is 6.61 Å². The topological polar surface area (TPSA) is 49.8 Å². The first-order valence-electron chi connectivity index (χ1n) is 7.56. The van der Waals surface area contributed by atoms with Crippen molar-refractivity contribution in [3.05, 3.63) is 29.8 Å². The average molecular weight is 419 g/mol. The lowest BCUT2D eigenvalue weighted by molar-refractivity contribution is -0.140. The molecule has 124 valence electrons. The number of nitrogens with zero attached hydrogens (tertiary/aromatic N) is 1. The number of ether oxygens (including phenoxy) is 1. The van der Waals surface area contributed by atoms with Gasteiger partial charge in [0, 0.05) is 6.04 Å². The number of aryl methyl sites for hydroxylation is 1. The Bertz CT molecular complexity index is 481. The van der Waals surface area contributed by atoms with Crippen LogP contribution in [0.1, 0.15) is 33.3 Å². The Balaban J connectivity index is 2.81. The number of carbonyl (C=O) groups excluding carboxylic acids is 1. The monoisotopic (exact) mass is 419 g/mol. The largest absolute Gasteiger partial charge is 0.484 e. The molecule has 0 radical (unpaired) electrons. The van der Waals surface area contributed by atoms with Crippen molar-refractivity contribution in [2.24, 2.45) is 5.92 Å². The molecule has 1 rings (SSSR count). The van der Waals surface area contributed by atoms with Gasteiger partial charge in [0.15, 0.2) is 6.61 Å². The third kappa shape index (κ3) is 5.43. The number of benzene rings is 1. The molecule has 0 fully saturated rings. The highest BCUT2D eigenvalue weighted by molar-refractivity contribution is 14.1. The first-order chi connectivity index (χ1) is 10.2. The van der Waals surface area contributed by atoms with Crippen LogP contribution in [0.2, 0.25) is 0 Å². The lowest BCUT2D eigenvalue weighted by atomic mass is 10.0. The molecule has 2 unspecified atom stereocenters. The molecule has 0 saturated carbocycles. The number of hydrogen-bond donors (Lipinski definition) is 1. The molecule has 0 aromatic heterocycles. The number of aliphatic hydroxyl groups is 1. The molecule has 0 bridgehead atoms. The fourth-order valence-corrected chi connectivity index (χ4v) is 3.67. The molecular weight excluding hydrogens is 393 g/mol. The van der Waals surface area contributed by atoms with E-state index in [9.17, 15) is 9.90 Å². The maximum Gasteiger partial charge on any atom is 0.261 e. The average Bonchev–Trinajstić information content (AvgIpc) is 2.40. The van der Waals surface area contributed by atoms with E-state index in [0.717, 1.165) is 5.56 Å². The van der Waals surface area contributed by atoms with Crippen molar-refractivity contribution >= 4 is 28.5 Å². The summed E-state index contributed by atoms with van der Waals surface area (Å²) in [5.74, 6) is 0.747. The molecule has 1 aromatic rings. The molecule has 0 heterocycles. The van der Waals surface area contributed by atoms with E-state index >= 15 is 0 Å². The SMILES string of the molecule is Cc1cccc(OCC(=O)N(C(C)C)C(C(C)C)C(O)I)c1. The van der Waals surface area contributed by atoms with E-state index in [-0.39, 0.29) is 30.5 Å². The van der Waals surface area contributed by atoms with E-state index in [1.807, 2.05) is 81.5 Å². The van der Waals surface area contributed by atoms with Crippen molar-refractivity contribution in [3.63, 3.8) is 0 Å². The third-order valence-electron chi connectivity index (χ3n) is 3.48. The van der Waals surface area contributed by atoms with Crippen LogP contribution in [0.25, 0.3) is 0 Å². The maximum atomic E-state index is 12.6. The van der Waals surface area contributed by atoms with Gasteiger partial charge in [0.1, 0.15) is 9.86 Å². The van der Waals surface area contributed by atoms with Crippen molar-refractivity contribution in [1.82, 2.24) is 4.90 Å². The molecule has 1 amide bonds. The number of hydrogen-bond acceptors (Lipinski definition) is 3. The van der Waals surface area contributed by atoms with Crippen LogP contribution in [0.5, 0.6) is 5.75 Å². The third-order valence-corrected chi connectivity index (χ3v) is 4.22.